The number of carbonyl (C=O) groups excluding carboxylic acids is 4. The molecule has 406 valence electrons. The normalized spacial score (nSPS) is 9.90. The first kappa shape index (κ1) is 73.9. The number of aliphatic carboxylic acids is 2. The molecular weight excluding hydrogens is 875 g/mol. The fourth-order valence-corrected chi connectivity index (χ4v) is 6.55. The summed E-state index contributed by atoms with van der Waals surface area (Å²) < 4.78 is 0. The van der Waals surface area contributed by atoms with E-state index < -0.39 is 11.9 Å². The summed E-state index contributed by atoms with van der Waals surface area (Å²) >= 11 is 0. The van der Waals surface area contributed by atoms with Gasteiger partial charge in [-0.1, -0.05) is 120 Å². The van der Waals surface area contributed by atoms with E-state index in [4.69, 9.17) is 15.9 Å². The highest BCUT2D eigenvalue weighted by atomic mass is 16.4. The van der Waals surface area contributed by atoms with Crippen LogP contribution in [-0.4, -0.2) is 155 Å². The molecule has 4 amide bonds. The van der Waals surface area contributed by atoms with Gasteiger partial charge in [0.05, 0.1) is 19.4 Å². The van der Waals surface area contributed by atoms with Gasteiger partial charge in [-0.25, -0.2) is 0 Å². The summed E-state index contributed by atoms with van der Waals surface area (Å²) in [6.07, 6.45) is 12.4. The van der Waals surface area contributed by atoms with Crippen LogP contribution in [0.3, 0.4) is 0 Å². The molecule has 5 N–H and O–H groups in total. The summed E-state index contributed by atoms with van der Waals surface area (Å²) in [5, 5.41) is 20.2. The second-order valence-corrected chi connectivity index (χ2v) is 16.6. The summed E-state index contributed by atoms with van der Waals surface area (Å²) in [5.41, 5.74) is 6.67. The number of nitrogens with zero attached hydrogens (tertiary/aromatic N) is 5. The Hall–Kier alpha value is -4.08. The van der Waals surface area contributed by atoms with E-state index in [1.807, 2.05) is 28.5 Å². The minimum atomic E-state index is -1.00. The third kappa shape index (κ3) is 50.1. The van der Waals surface area contributed by atoms with Gasteiger partial charge in [0.2, 0.25) is 23.6 Å². The Balaban J connectivity index is -0.000000241. The Kier molecular flexibility index (Phi) is 60.5. The highest BCUT2D eigenvalue weighted by Gasteiger charge is 2.14. The number of carboxylic acid groups (broad SMARTS) is 2. The summed E-state index contributed by atoms with van der Waals surface area (Å²) in [4.78, 5) is 74.9. The smallest absolute Gasteiger partial charge is 0.305 e. The molecule has 15 heteroatoms. The van der Waals surface area contributed by atoms with E-state index >= 15 is 0 Å². The highest BCUT2D eigenvalue weighted by Crippen LogP contribution is 2.06. The fourth-order valence-electron chi connectivity index (χ4n) is 6.55. The Morgan fingerprint density at radius 3 is 0.957 bits per heavy atom. The van der Waals surface area contributed by atoms with E-state index in [0.29, 0.717) is 12.8 Å². The molecule has 0 aliphatic carbocycles. The predicted octanol–water partition coefficient (Wildman–Crippen LogP) is 9.56. The monoisotopic (exact) mass is 982 g/mol. The second kappa shape index (κ2) is 56.5. The van der Waals surface area contributed by atoms with Crippen molar-refractivity contribution >= 4 is 35.6 Å². The molecule has 0 heterocycles. The van der Waals surface area contributed by atoms with Crippen molar-refractivity contribution in [3.8, 4) is 0 Å². The van der Waals surface area contributed by atoms with E-state index in [0.717, 1.165) is 84.3 Å². The van der Waals surface area contributed by atoms with Crippen molar-refractivity contribution < 1.29 is 39.0 Å². The number of nitrogens with one attached hydrogen (secondary N) is 1. The zero-order chi connectivity index (χ0) is 53.7. The molecular formula is C54H107N7O8. The molecule has 0 unspecified atom stereocenters. The summed E-state index contributed by atoms with van der Waals surface area (Å²) in [6, 6.07) is 10.7. The third-order valence-electron chi connectivity index (χ3n) is 9.83. The lowest BCUT2D eigenvalue weighted by atomic mass is 10.2. The molecule has 1 rings (SSSR count). The minimum Gasteiger partial charge on any atom is -0.481 e. The molecule has 15 nitrogen and oxygen atoms in total. The van der Waals surface area contributed by atoms with Gasteiger partial charge < -0.3 is 40.9 Å². The average molecular weight is 982 g/mol. The number of hydrogen-bond acceptors (Lipinski definition) is 9. The predicted molar refractivity (Wildman–Crippen MR) is 288 cm³/mol. The first-order chi connectivity index (χ1) is 33.0. The van der Waals surface area contributed by atoms with Gasteiger partial charge in [0.1, 0.15) is 0 Å². The lowest BCUT2D eigenvalue weighted by molar-refractivity contribution is -0.140. The van der Waals surface area contributed by atoms with Gasteiger partial charge in [0, 0.05) is 78.2 Å². The molecule has 0 spiro atoms. The first-order valence-electron chi connectivity index (χ1n) is 26.7. The molecule has 0 fully saturated rings. The standard InChI is InChI=1S/C13H21N.C9H15NO5.2C9H19NO.C8H18N2O.C6H15N/c1-3-10-14(11-4-2)12-13-8-6-5-7-9-13;1-2-7(11)10(5-3-8(12)13)6-4-9(14)15;2*1-4-7-10(8-5-2)9(11)6-3;1-3-5-10(6-4-2)8(11)7-9;1-3-5-7-6-4-2/h5-9H,3-4,10-12H2,1-2H3;2-6H2,1H3,(H,12,13)(H,14,15);2*4-8H2,1-3H3;3-7,9H2,1-2H3;7H,3-6H2,1-2H3. The molecule has 0 aromatic heterocycles. The number of amides is 4. The molecule has 0 aliphatic rings. The third-order valence-corrected chi connectivity index (χ3v) is 9.83. The quantitative estimate of drug-likeness (QED) is 0.0502. The lowest BCUT2D eigenvalue weighted by Crippen LogP contribution is -2.37. The van der Waals surface area contributed by atoms with Crippen LogP contribution in [0.4, 0.5) is 0 Å². The number of hydrogen-bond donors (Lipinski definition) is 4. The van der Waals surface area contributed by atoms with Crippen LogP contribution in [-0.2, 0) is 35.3 Å². The molecule has 0 bridgehead atoms. The summed E-state index contributed by atoms with van der Waals surface area (Å²) in [6.45, 7) is 38.4. The van der Waals surface area contributed by atoms with E-state index in [1.165, 1.54) is 62.3 Å². The van der Waals surface area contributed by atoms with E-state index in [9.17, 15) is 28.8 Å². The van der Waals surface area contributed by atoms with Crippen LogP contribution in [0.1, 0.15) is 192 Å². The van der Waals surface area contributed by atoms with Crippen LogP contribution in [0.2, 0.25) is 0 Å². The van der Waals surface area contributed by atoms with Crippen molar-refractivity contribution in [1.29, 1.82) is 0 Å². The van der Waals surface area contributed by atoms with Gasteiger partial charge in [-0.15, -0.1) is 0 Å². The summed E-state index contributed by atoms with van der Waals surface area (Å²) in [5.74, 6) is -1.59. The van der Waals surface area contributed by atoms with Crippen molar-refractivity contribution in [2.75, 3.05) is 85.1 Å². The maximum atomic E-state index is 11.3. The molecule has 1 aromatic carbocycles. The maximum absolute atomic E-state index is 11.3. The zero-order valence-corrected chi connectivity index (χ0v) is 46.6. The Morgan fingerprint density at radius 1 is 0.420 bits per heavy atom. The minimum absolute atomic E-state index is 0.0636. The number of carbonyl (C=O) groups is 6. The first-order valence-corrected chi connectivity index (χ1v) is 26.7. The van der Waals surface area contributed by atoms with Gasteiger partial charge in [-0.3, -0.25) is 33.7 Å². The fraction of sp³-hybridized carbons (Fsp3) is 0.778. The maximum Gasteiger partial charge on any atom is 0.305 e. The molecule has 69 heavy (non-hydrogen) atoms. The van der Waals surface area contributed by atoms with Crippen LogP contribution in [0.25, 0.3) is 0 Å². The van der Waals surface area contributed by atoms with E-state index in [1.54, 1.807) is 6.92 Å². The SMILES string of the molecule is CCC(=O)N(CCC(=O)O)CCC(=O)O.CCCN(CCC)C(=O)CC.CCCN(CCC)C(=O)CC.CCCN(CCC)C(=O)CN.CCCN(CCC)Cc1ccccc1.CCCNCCC. The number of nitrogens with two attached hydrogens (primary N) is 1. The van der Waals surface area contributed by atoms with Gasteiger partial charge in [0.15, 0.2) is 0 Å². The highest BCUT2D eigenvalue weighted by molar-refractivity contribution is 5.78. The molecule has 0 aliphatic heterocycles. The van der Waals surface area contributed by atoms with Gasteiger partial charge in [-0.05, 0) is 96.0 Å². The van der Waals surface area contributed by atoms with Crippen molar-refractivity contribution in [3.63, 3.8) is 0 Å². The Labute approximate surface area is 422 Å². The molecule has 0 saturated heterocycles. The van der Waals surface area contributed by atoms with Crippen molar-refractivity contribution in [2.45, 2.75) is 193 Å². The van der Waals surface area contributed by atoms with E-state index in [-0.39, 0.29) is 62.5 Å². The van der Waals surface area contributed by atoms with Crippen molar-refractivity contribution in [2.24, 2.45) is 5.73 Å². The number of carboxylic acids is 2. The topological polar surface area (TPSA) is 197 Å². The van der Waals surface area contributed by atoms with Crippen LogP contribution in [0.15, 0.2) is 30.3 Å². The van der Waals surface area contributed by atoms with Crippen LogP contribution >= 0.6 is 0 Å². The van der Waals surface area contributed by atoms with Crippen molar-refractivity contribution in [1.82, 2.24) is 29.8 Å². The van der Waals surface area contributed by atoms with Crippen molar-refractivity contribution in [3.05, 3.63) is 35.9 Å². The van der Waals surface area contributed by atoms with Gasteiger partial charge in [-0.2, -0.15) is 0 Å². The van der Waals surface area contributed by atoms with Crippen LogP contribution < -0.4 is 11.1 Å². The molecule has 0 saturated carbocycles. The number of rotatable bonds is 32. The van der Waals surface area contributed by atoms with Crippen LogP contribution in [0.5, 0.6) is 0 Å². The van der Waals surface area contributed by atoms with Gasteiger partial charge in [0.25, 0.3) is 0 Å². The largest absolute Gasteiger partial charge is 0.481 e. The van der Waals surface area contributed by atoms with E-state index in [2.05, 4.69) is 110 Å². The van der Waals surface area contributed by atoms with Gasteiger partial charge >= 0.3 is 11.9 Å². The summed E-state index contributed by atoms with van der Waals surface area (Å²) in [7, 11) is 0. The molecule has 0 radical (unpaired) electrons. The number of benzene rings is 1. The average Bonchev–Trinajstić information content (AvgIpc) is 3.34. The molecule has 1 aromatic rings. The Bertz CT molecular complexity index is 1230. The Morgan fingerprint density at radius 2 is 0.710 bits per heavy atom. The lowest BCUT2D eigenvalue weighted by Gasteiger charge is -2.20. The molecule has 0 atom stereocenters. The van der Waals surface area contributed by atoms with Crippen LogP contribution in [0, 0.1) is 0 Å². The zero-order valence-electron chi connectivity index (χ0n) is 46.6. The second-order valence-electron chi connectivity index (χ2n) is 16.6.